The van der Waals surface area contributed by atoms with Crippen LogP contribution in [-0.4, -0.2) is 22.4 Å². The molecule has 0 bridgehead atoms. The van der Waals surface area contributed by atoms with Crippen LogP contribution in [0.15, 0.2) is 54.6 Å². The number of aromatic nitrogens is 2. The number of aryl methyl sites for hydroxylation is 1. The minimum atomic E-state index is -0.0904. The van der Waals surface area contributed by atoms with Crippen LogP contribution in [0, 0.1) is 5.92 Å². The first kappa shape index (κ1) is 18.2. The molecule has 2 unspecified atom stereocenters. The van der Waals surface area contributed by atoms with Gasteiger partial charge in [-0.25, -0.2) is 4.98 Å². The van der Waals surface area contributed by atoms with Crippen LogP contribution in [0.1, 0.15) is 44.0 Å². The Morgan fingerprint density at radius 2 is 1.85 bits per heavy atom. The predicted octanol–water partition coefficient (Wildman–Crippen LogP) is 4.44. The van der Waals surface area contributed by atoms with Gasteiger partial charge >= 0.3 is 0 Å². The third-order valence-electron chi connectivity index (χ3n) is 4.98. The van der Waals surface area contributed by atoms with Crippen LogP contribution in [-0.2, 0) is 11.2 Å². The van der Waals surface area contributed by atoms with Gasteiger partial charge in [-0.1, -0.05) is 62.7 Å². The van der Waals surface area contributed by atoms with Crippen LogP contribution < -0.4 is 5.32 Å². The summed E-state index contributed by atoms with van der Waals surface area (Å²) in [6.07, 6.45) is 2.67. The van der Waals surface area contributed by atoms with Crippen LogP contribution in [0.25, 0.3) is 11.0 Å². The lowest BCUT2D eigenvalue weighted by atomic mass is 9.85. The Kier molecular flexibility index (Phi) is 6.05. The molecule has 3 aromatic rings. The molecule has 0 fully saturated rings. The van der Waals surface area contributed by atoms with Crippen LogP contribution in [0.5, 0.6) is 0 Å². The maximum atomic E-state index is 12.8. The van der Waals surface area contributed by atoms with E-state index < -0.39 is 0 Å². The fourth-order valence-corrected chi connectivity index (χ4v) is 3.34. The van der Waals surface area contributed by atoms with Crippen molar-refractivity contribution in [1.29, 1.82) is 0 Å². The van der Waals surface area contributed by atoms with Gasteiger partial charge in [-0.3, -0.25) is 4.79 Å². The number of hydrogen-bond acceptors (Lipinski definition) is 2. The number of aromatic amines is 1. The van der Waals surface area contributed by atoms with E-state index in [2.05, 4.69) is 29.1 Å². The highest BCUT2D eigenvalue weighted by Gasteiger charge is 2.25. The van der Waals surface area contributed by atoms with E-state index in [1.807, 2.05) is 54.6 Å². The van der Waals surface area contributed by atoms with Crippen molar-refractivity contribution >= 4 is 16.9 Å². The maximum absolute atomic E-state index is 12.8. The molecule has 3 rings (SSSR count). The van der Waals surface area contributed by atoms with E-state index in [4.69, 9.17) is 0 Å². The Morgan fingerprint density at radius 3 is 2.58 bits per heavy atom. The molecule has 4 heteroatoms. The minimum Gasteiger partial charge on any atom is -0.356 e. The number of amides is 1. The van der Waals surface area contributed by atoms with Crippen LogP contribution >= 0.6 is 0 Å². The molecule has 1 amide bonds. The van der Waals surface area contributed by atoms with Crippen LogP contribution in [0.3, 0.4) is 0 Å². The molecule has 2 atom stereocenters. The maximum Gasteiger partial charge on any atom is 0.227 e. The third kappa shape index (κ3) is 4.31. The van der Waals surface area contributed by atoms with Gasteiger partial charge in [0.15, 0.2) is 0 Å². The molecule has 0 radical (unpaired) electrons. The summed E-state index contributed by atoms with van der Waals surface area (Å²) < 4.78 is 0. The first-order valence-electron chi connectivity index (χ1n) is 9.45. The number of rotatable bonds is 8. The molecule has 0 aliphatic heterocycles. The molecular weight excluding hydrogens is 322 g/mol. The number of carbonyl (C=O) groups is 1. The van der Waals surface area contributed by atoms with E-state index >= 15 is 0 Å². The van der Waals surface area contributed by atoms with Gasteiger partial charge in [-0.05, 0) is 30.0 Å². The summed E-state index contributed by atoms with van der Waals surface area (Å²) >= 11 is 0. The predicted molar refractivity (Wildman–Crippen MR) is 106 cm³/mol. The summed E-state index contributed by atoms with van der Waals surface area (Å²) in [4.78, 5) is 20.7. The molecule has 4 nitrogen and oxygen atoms in total. The van der Waals surface area contributed by atoms with Gasteiger partial charge in [0.2, 0.25) is 5.91 Å². The molecule has 2 N–H and O–H groups in total. The molecule has 0 saturated heterocycles. The Balaban J connectivity index is 1.54. The number of carbonyl (C=O) groups excluding carboxylic acids is 1. The van der Waals surface area contributed by atoms with Gasteiger partial charge in [0, 0.05) is 13.0 Å². The molecule has 26 heavy (non-hydrogen) atoms. The highest BCUT2D eigenvalue weighted by atomic mass is 16.1. The molecule has 136 valence electrons. The first-order valence-corrected chi connectivity index (χ1v) is 9.45. The minimum absolute atomic E-state index is 0.0904. The van der Waals surface area contributed by atoms with Crippen molar-refractivity contribution in [2.45, 2.75) is 39.0 Å². The molecule has 0 aliphatic rings. The molecule has 1 heterocycles. The number of para-hydroxylation sites is 2. The Labute approximate surface area is 155 Å². The van der Waals surface area contributed by atoms with Gasteiger partial charge in [0.1, 0.15) is 5.82 Å². The summed E-state index contributed by atoms with van der Waals surface area (Å²) in [5.41, 5.74) is 3.15. The fraction of sp³-hybridized carbons (Fsp3) is 0.364. The van der Waals surface area contributed by atoms with E-state index in [0.29, 0.717) is 12.5 Å². The van der Waals surface area contributed by atoms with Crippen LogP contribution in [0.4, 0.5) is 0 Å². The molecule has 0 aliphatic carbocycles. The zero-order valence-electron chi connectivity index (χ0n) is 15.5. The zero-order valence-corrected chi connectivity index (χ0v) is 15.5. The second kappa shape index (κ2) is 8.65. The third-order valence-corrected chi connectivity index (χ3v) is 4.98. The molecule has 2 aromatic carbocycles. The Bertz CT molecular complexity index is 808. The largest absolute Gasteiger partial charge is 0.356 e. The van der Waals surface area contributed by atoms with Crippen molar-refractivity contribution in [2.24, 2.45) is 5.92 Å². The fourth-order valence-electron chi connectivity index (χ4n) is 3.34. The van der Waals surface area contributed by atoms with Gasteiger partial charge in [-0.2, -0.15) is 0 Å². The normalized spacial score (nSPS) is 13.5. The van der Waals surface area contributed by atoms with E-state index in [-0.39, 0.29) is 11.8 Å². The van der Waals surface area contributed by atoms with Gasteiger partial charge in [0.05, 0.1) is 17.0 Å². The van der Waals surface area contributed by atoms with Crippen molar-refractivity contribution in [3.05, 3.63) is 66.0 Å². The summed E-state index contributed by atoms with van der Waals surface area (Å²) in [7, 11) is 0. The SMILES string of the molecule is CCC(C)C(C(=O)NCCCc1nc2ccccc2[nH]1)c1ccccc1. The lowest BCUT2D eigenvalue weighted by Crippen LogP contribution is -2.33. The number of nitrogens with one attached hydrogen (secondary N) is 2. The number of fused-ring (bicyclic) bond motifs is 1. The summed E-state index contributed by atoms with van der Waals surface area (Å²) in [5, 5.41) is 3.12. The standard InChI is InChI=1S/C22H27N3O/c1-3-16(2)21(17-10-5-4-6-11-17)22(26)23-15-9-14-20-24-18-12-7-8-13-19(18)25-20/h4-8,10-13,16,21H,3,9,14-15H2,1-2H3,(H,23,26)(H,24,25). The lowest BCUT2D eigenvalue weighted by molar-refractivity contribution is -0.123. The first-order chi connectivity index (χ1) is 12.7. The van der Waals surface area contributed by atoms with E-state index in [1.54, 1.807) is 0 Å². The average molecular weight is 349 g/mol. The van der Waals surface area contributed by atoms with Crippen molar-refractivity contribution in [1.82, 2.24) is 15.3 Å². The molecule has 0 spiro atoms. The summed E-state index contributed by atoms with van der Waals surface area (Å²) in [5.74, 6) is 1.32. The van der Waals surface area contributed by atoms with E-state index in [1.165, 1.54) is 0 Å². The summed E-state index contributed by atoms with van der Waals surface area (Å²) in [6, 6.07) is 18.1. The number of benzene rings is 2. The van der Waals surface area contributed by atoms with Gasteiger partial charge < -0.3 is 10.3 Å². The Hall–Kier alpha value is -2.62. The second-order valence-corrected chi connectivity index (χ2v) is 6.87. The van der Waals surface area contributed by atoms with Gasteiger partial charge in [0.25, 0.3) is 0 Å². The van der Waals surface area contributed by atoms with Crippen molar-refractivity contribution < 1.29 is 4.79 Å². The highest BCUT2D eigenvalue weighted by Crippen LogP contribution is 2.27. The smallest absolute Gasteiger partial charge is 0.227 e. The quantitative estimate of drug-likeness (QED) is 0.591. The summed E-state index contributed by atoms with van der Waals surface area (Å²) in [6.45, 7) is 4.94. The second-order valence-electron chi connectivity index (χ2n) is 6.87. The molecular formula is C22H27N3O. The van der Waals surface area contributed by atoms with Crippen molar-refractivity contribution in [3.8, 4) is 0 Å². The van der Waals surface area contributed by atoms with Gasteiger partial charge in [-0.15, -0.1) is 0 Å². The van der Waals surface area contributed by atoms with E-state index in [0.717, 1.165) is 41.7 Å². The average Bonchev–Trinajstić information content (AvgIpc) is 3.09. The highest BCUT2D eigenvalue weighted by molar-refractivity contribution is 5.84. The van der Waals surface area contributed by atoms with Crippen molar-refractivity contribution in [2.75, 3.05) is 6.54 Å². The van der Waals surface area contributed by atoms with Crippen molar-refractivity contribution in [3.63, 3.8) is 0 Å². The number of H-pyrrole nitrogens is 1. The topological polar surface area (TPSA) is 57.8 Å². The number of imidazole rings is 1. The number of nitrogens with zero attached hydrogens (tertiary/aromatic N) is 1. The zero-order chi connectivity index (χ0) is 18.4. The monoisotopic (exact) mass is 349 g/mol. The molecule has 0 saturated carbocycles. The molecule has 1 aromatic heterocycles. The number of hydrogen-bond donors (Lipinski definition) is 2. The lowest BCUT2D eigenvalue weighted by Gasteiger charge is -2.22. The van der Waals surface area contributed by atoms with E-state index in [9.17, 15) is 4.79 Å². The van der Waals surface area contributed by atoms with Crippen LogP contribution in [0.2, 0.25) is 0 Å². The Morgan fingerprint density at radius 1 is 1.12 bits per heavy atom.